The lowest BCUT2D eigenvalue weighted by Gasteiger charge is -2.61. The summed E-state index contributed by atoms with van der Waals surface area (Å²) in [4.78, 5) is 80.2. The molecule has 6 amide bonds. The lowest BCUT2D eigenvalue weighted by Crippen LogP contribution is -2.74. The van der Waals surface area contributed by atoms with Gasteiger partial charge < -0.3 is 25.2 Å². The van der Waals surface area contributed by atoms with Crippen molar-refractivity contribution in [3.05, 3.63) is 90.3 Å². The van der Waals surface area contributed by atoms with Crippen LogP contribution in [0.4, 0.5) is 16.3 Å². The van der Waals surface area contributed by atoms with E-state index in [9.17, 15) is 24.0 Å². The van der Waals surface area contributed by atoms with Crippen molar-refractivity contribution in [1.29, 1.82) is 0 Å². The Morgan fingerprint density at radius 1 is 0.842 bits per heavy atom. The van der Waals surface area contributed by atoms with Gasteiger partial charge in [-0.05, 0) is 73.9 Å². The number of urea groups is 1. The van der Waals surface area contributed by atoms with Crippen LogP contribution >= 0.6 is 0 Å². The molecule has 0 bridgehead atoms. The van der Waals surface area contributed by atoms with Crippen LogP contribution in [0.15, 0.2) is 79.1 Å². The second-order valence-corrected chi connectivity index (χ2v) is 15.6. The first kappa shape index (κ1) is 34.6. The first-order valence-corrected chi connectivity index (χ1v) is 19.1. The summed E-state index contributed by atoms with van der Waals surface area (Å²) in [6.07, 6.45) is 3.26. The average molecular weight is 767 g/mol. The van der Waals surface area contributed by atoms with Gasteiger partial charge in [-0.3, -0.25) is 29.4 Å². The Hall–Kier alpha value is -6.84. The molecule has 1 spiro atoms. The molecular formula is C41H38N10O6. The Morgan fingerprint density at radius 3 is 2.37 bits per heavy atom. The Bertz CT molecular complexity index is 2490. The van der Waals surface area contributed by atoms with Gasteiger partial charge in [0.1, 0.15) is 35.4 Å². The number of carbonyl (C=O) groups is 5. The predicted octanol–water partition coefficient (Wildman–Crippen LogP) is 3.85. The van der Waals surface area contributed by atoms with E-state index in [0.29, 0.717) is 67.6 Å². The largest absolute Gasteiger partial charge is 0.457 e. The van der Waals surface area contributed by atoms with Crippen LogP contribution in [0.2, 0.25) is 0 Å². The molecule has 16 nitrogen and oxygen atoms in total. The number of carbonyl (C=O) groups excluding carboxylic acids is 5. The van der Waals surface area contributed by atoms with E-state index in [-0.39, 0.29) is 41.5 Å². The number of imide groups is 2. The van der Waals surface area contributed by atoms with Crippen molar-refractivity contribution in [2.24, 2.45) is 5.41 Å². The Morgan fingerprint density at radius 2 is 1.60 bits per heavy atom. The highest BCUT2D eigenvalue weighted by Gasteiger charge is 2.54. The van der Waals surface area contributed by atoms with Crippen molar-refractivity contribution in [2.45, 2.75) is 37.8 Å². The van der Waals surface area contributed by atoms with E-state index in [1.54, 1.807) is 12.1 Å². The first-order chi connectivity index (χ1) is 27.6. The summed E-state index contributed by atoms with van der Waals surface area (Å²) in [5.74, 6) is -0.322. The fraction of sp³-hybridized carbons (Fsp3) is 0.317. The summed E-state index contributed by atoms with van der Waals surface area (Å²) >= 11 is 0. The van der Waals surface area contributed by atoms with Crippen LogP contribution in [0, 0.1) is 5.41 Å². The molecule has 1 unspecified atom stereocenters. The van der Waals surface area contributed by atoms with Crippen molar-refractivity contribution >= 4 is 52.2 Å². The van der Waals surface area contributed by atoms with Crippen LogP contribution in [0.5, 0.6) is 11.5 Å². The van der Waals surface area contributed by atoms with Crippen LogP contribution in [0.1, 0.15) is 52.4 Å². The highest BCUT2D eigenvalue weighted by Crippen LogP contribution is 2.44. The van der Waals surface area contributed by atoms with Gasteiger partial charge in [-0.15, -0.1) is 0 Å². The molecule has 10 rings (SSSR count). The summed E-state index contributed by atoms with van der Waals surface area (Å²) in [5, 5.41) is 7.94. The van der Waals surface area contributed by atoms with Crippen LogP contribution in [0.3, 0.4) is 0 Å². The second kappa shape index (κ2) is 13.1. The minimum absolute atomic E-state index is 0.00112. The van der Waals surface area contributed by atoms with E-state index in [2.05, 4.69) is 20.2 Å². The third kappa shape index (κ3) is 5.81. The van der Waals surface area contributed by atoms with Crippen LogP contribution in [-0.2, 0) is 9.59 Å². The number of nitrogens with one attached hydrogen (secondary N) is 1. The van der Waals surface area contributed by atoms with Gasteiger partial charge in [0, 0.05) is 62.4 Å². The van der Waals surface area contributed by atoms with Gasteiger partial charge in [0.25, 0.3) is 11.8 Å². The zero-order valence-electron chi connectivity index (χ0n) is 30.8. The number of ether oxygens (including phenoxy) is 1. The van der Waals surface area contributed by atoms with E-state index in [1.165, 1.54) is 6.33 Å². The van der Waals surface area contributed by atoms with Crippen molar-refractivity contribution in [2.75, 3.05) is 49.9 Å². The van der Waals surface area contributed by atoms with Gasteiger partial charge in [0.15, 0.2) is 5.65 Å². The molecule has 3 aromatic carbocycles. The maximum absolute atomic E-state index is 13.9. The molecule has 0 radical (unpaired) electrons. The molecule has 0 aliphatic carbocycles. The second-order valence-electron chi connectivity index (χ2n) is 15.6. The van der Waals surface area contributed by atoms with Gasteiger partial charge in [-0.2, -0.15) is 5.10 Å². The van der Waals surface area contributed by atoms with Crippen molar-refractivity contribution < 1.29 is 28.7 Å². The lowest BCUT2D eigenvalue weighted by molar-refractivity contribution is -0.136. The lowest BCUT2D eigenvalue weighted by atomic mass is 9.72. The monoisotopic (exact) mass is 766 g/mol. The van der Waals surface area contributed by atoms with E-state index >= 15 is 0 Å². The maximum atomic E-state index is 13.9. The first-order valence-electron chi connectivity index (χ1n) is 19.1. The van der Waals surface area contributed by atoms with Crippen LogP contribution < -0.4 is 20.7 Å². The van der Waals surface area contributed by atoms with Crippen LogP contribution in [-0.4, -0.2) is 109 Å². The number of nitrogens with zero attached hydrogens (tertiary/aromatic N) is 8. The van der Waals surface area contributed by atoms with Crippen molar-refractivity contribution in [3.8, 4) is 22.8 Å². The number of para-hydroxylation sites is 1. The number of rotatable bonds is 6. The van der Waals surface area contributed by atoms with E-state index in [4.69, 9.17) is 15.6 Å². The summed E-state index contributed by atoms with van der Waals surface area (Å²) in [7, 11) is 0. The standard InChI is InChI=1S/C41H38N10O6/c42-35-33-34(24-8-11-28(12-9-24)57-27-6-2-1-3-7-27)46-51(36(33)44-23-43-35)26-5-4-16-47(18-26)40(56)49-21-41(22-49)19-48(20-41)25-10-13-29-30(17-25)39(55)50(38(29)54)31-14-15-32(52)45-37(31)53/h1-3,6-13,17,23,26,31H,4-5,14-16,18-22H2,(H2,42,43,44)(H,45,52,53)/t26-,31?/m1/s1. The molecule has 0 saturated carbocycles. The SMILES string of the molecule is Nc1ncnc2c1c(-c1ccc(Oc3ccccc3)cc1)nn2[C@@H]1CCCN(C(=O)N2CC3(C2)CN(c2ccc4c(c2)C(=O)N(C2CCC(=O)NC2=O)C4=O)C3)C1. The number of nitrogens with two attached hydrogens (primary N) is 1. The molecule has 5 aliphatic rings. The van der Waals surface area contributed by atoms with E-state index < -0.39 is 29.7 Å². The van der Waals surface area contributed by atoms with Gasteiger partial charge in [0.05, 0.1) is 22.6 Å². The molecule has 4 saturated heterocycles. The summed E-state index contributed by atoms with van der Waals surface area (Å²) < 4.78 is 7.89. The average Bonchev–Trinajstić information content (AvgIpc) is 3.70. The number of likely N-dealkylation sites (tertiary alicyclic amines) is 2. The smallest absolute Gasteiger partial charge is 0.320 e. The number of aromatic nitrogens is 4. The van der Waals surface area contributed by atoms with Crippen molar-refractivity contribution in [3.63, 3.8) is 0 Å². The number of nitrogen functional groups attached to an aromatic ring is 1. The number of fused-ring (bicyclic) bond motifs is 2. The van der Waals surface area contributed by atoms with Gasteiger partial charge in [-0.1, -0.05) is 18.2 Å². The highest BCUT2D eigenvalue weighted by molar-refractivity contribution is 6.23. The van der Waals surface area contributed by atoms with E-state index in [1.807, 2.05) is 75.1 Å². The molecule has 16 heteroatoms. The molecule has 2 atom stereocenters. The van der Waals surface area contributed by atoms with Gasteiger partial charge in [0.2, 0.25) is 11.8 Å². The minimum Gasteiger partial charge on any atom is -0.457 e. The quantitative estimate of drug-likeness (QED) is 0.239. The Labute approximate surface area is 326 Å². The molecule has 4 fully saturated rings. The molecule has 3 N–H and O–H groups in total. The fourth-order valence-electron chi connectivity index (χ4n) is 8.99. The van der Waals surface area contributed by atoms with Gasteiger partial charge in [-0.25, -0.2) is 19.4 Å². The number of benzene rings is 3. The normalized spacial score (nSPS) is 21.4. The Balaban J connectivity index is 0.788. The molecule has 5 aliphatic heterocycles. The summed E-state index contributed by atoms with van der Waals surface area (Å²) in [6.45, 7) is 3.79. The van der Waals surface area contributed by atoms with Gasteiger partial charge >= 0.3 is 6.03 Å². The molecule has 57 heavy (non-hydrogen) atoms. The highest BCUT2D eigenvalue weighted by atomic mass is 16.5. The predicted molar refractivity (Wildman–Crippen MR) is 206 cm³/mol. The minimum atomic E-state index is -1.01. The number of amides is 6. The topological polar surface area (TPSA) is 189 Å². The molecule has 5 aromatic rings. The maximum Gasteiger partial charge on any atom is 0.320 e. The molecule has 7 heterocycles. The zero-order chi connectivity index (χ0) is 39.0. The van der Waals surface area contributed by atoms with Crippen molar-refractivity contribution in [1.82, 2.24) is 39.8 Å². The summed E-state index contributed by atoms with van der Waals surface area (Å²) in [5.41, 5.74) is 9.83. The third-order valence-electron chi connectivity index (χ3n) is 11.8. The fourth-order valence-corrected chi connectivity index (χ4v) is 8.99. The Kier molecular flexibility index (Phi) is 7.98. The zero-order valence-corrected chi connectivity index (χ0v) is 30.8. The number of hydrogen-bond acceptors (Lipinski definition) is 11. The number of piperidine rings is 2. The molecule has 288 valence electrons. The number of anilines is 2. The van der Waals surface area contributed by atoms with Crippen LogP contribution in [0.25, 0.3) is 22.3 Å². The third-order valence-corrected chi connectivity index (χ3v) is 11.8. The molecular weight excluding hydrogens is 729 g/mol. The van der Waals surface area contributed by atoms with E-state index in [0.717, 1.165) is 34.7 Å². The summed E-state index contributed by atoms with van der Waals surface area (Å²) in [6, 6.07) is 21.3. The molecule has 2 aromatic heterocycles. The number of hydrogen-bond donors (Lipinski definition) is 2.